The number of carbonyl (C=O) groups excluding carboxylic acids is 1. The SMILES string of the molecule is CCOCCCNC(=O)C1CCN(CCCO)CC1. The van der Waals surface area contributed by atoms with Crippen molar-refractivity contribution in [3.8, 4) is 0 Å². The standard InChI is InChI=1S/C14H28N2O3/c1-2-19-12-3-7-15-14(18)13-5-9-16(10-6-13)8-4-11-17/h13,17H,2-12H2,1H3,(H,15,18). The molecular weight excluding hydrogens is 244 g/mol. The molecule has 0 unspecified atom stereocenters. The summed E-state index contributed by atoms with van der Waals surface area (Å²) in [5.41, 5.74) is 0. The number of rotatable bonds is 9. The quantitative estimate of drug-likeness (QED) is 0.604. The maximum absolute atomic E-state index is 11.9. The normalized spacial score (nSPS) is 17.6. The van der Waals surface area contributed by atoms with E-state index in [0.29, 0.717) is 6.54 Å². The van der Waals surface area contributed by atoms with Crippen LogP contribution in [0.2, 0.25) is 0 Å². The molecule has 1 aliphatic rings. The Hall–Kier alpha value is -0.650. The second-order valence-electron chi connectivity index (χ2n) is 5.03. The number of likely N-dealkylation sites (tertiary alicyclic amines) is 1. The molecule has 0 aliphatic carbocycles. The lowest BCUT2D eigenvalue weighted by Gasteiger charge is -2.31. The largest absolute Gasteiger partial charge is 0.396 e. The molecule has 0 spiro atoms. The van der Waals surface area contributed by atoms with Gasteiger partial charge in [0, 0.05) is 38.8 Å². The van der Waals surface area contributed by atoms with Crippen LogP contribution < -0.4 is 5.32 Å². The zero-order chi connectivity index (χ0) is 13.9. The molecule has 19 heavy (non-hydrogen) atoms. The van der Waals surface area contributed by atoms with Crippen molar-refractivity contribution in [2.75, 3.05) is 46.0 Å². The average molecular weight is 272 g/mol. The summed E-state index contributed by atoms with van der Waals surface area (Å²) in [6.07, 6.45) is 3.58. The minimum absolute atomic E-state index is 0.164. The molecule has 0 aromatic rings. The minimum Gasteiger partial charge on any atom is -0.396 e. The minimum atomic E-state index is 0.164. The molecule has 1 saturated heterocycles. The Morgan fingerprint density at radius 1 is 1.37 bits per heavy atom. The third kappa shape index (κ3) is 6.89. The first kappa shape index (κ1) is 16.4. The van der Waals surface area contributed by atoms with Gasteiger partial charge in [-0.2, -0.15) is 0 Å². The molecule has 1 rings (SSSR count). The molecule has 5 nitrogen and oxygen atoms in total. The van der Waals surface area contributed by atoms with Crippen LogP contribution in [0, 0.1) is 5.92 Å². The number of nitrogens with one attached hydrogen (secondary N) is 1. The van der Waals surface area contributed by atoms with Crippen LogP contribution in [-0.2, 0) is 9.53 Å². The van der Waals surface area contributed by atoms with Gasteiger partial charge in [0.25, 0.3) is 0 Å². The molecule has 112 valence electrons. The first-order chi connectivity index (χ1) is 9.27. The molecule has 1 aliphatic heterocycles. The van der Waals surface area contributed by atoms with Crippen LogP contribution in [-0.4, -0.2) is 61.9 Å². The number of hydrogen-bond acceptors (Lipinski definition) is 4. The predicted molar refractivity (Wildman–Crippen MR) is 75.0 cm³/mol. The van der Waals surface area contributed by atoms with E-state index in [0.717, 1.165) is 58.5 Å². The molecule has 1 amide bonds. The van der Waals surface area contributed by atoms with Crippen molar-refractivity contribution < 1.29 is 14.6 Å². The number of hydrogen-bond donors (Lipinski definition) is 2. The van der Waals surface area contributed by atoms with Gasteiger partial charge in [-0.1, -0.05) is 0 Å². The first-order valence-corrected chi connectivity index (χ1v) is 7.46. The van der Waals surface area contributed by atoms with Gasteiger partial charge < -0.3 is 20.1 Å². The Balaban J connectivity index is 2.07. The van der Waals surface area contributed by atoms with E-state index in [1.807, 2.05) is 6.92 Å². The lowest BCUT2D eigenvalue weighted by Crippen LogP contribution is -2.41. The number of nitrogens with zero attached hydrogens (tertiary/aromatic N) is 1. The van der Waals surface area contributed by atoms with Gasteiger partial charge in [0.15, 0.2) is 0 Å². The smallest absolute Gasteiger partial charge is 0.223 e. The summed E-state index contributed by atoms with van der Waals surface area (Å²) in [5, 5.41) is 11.8. The maximum atomic E-state index is 11.9. The Morgan fingerprint density at radius 3 is 2.74 bits per heavy atom. The molecule has 0 aromatic carbocycles. The number of aliphatic hydroxyl groups excluding tert-OH is 1. The number of amides is 1. The molecular formula is C14H28N2O3. The van der Waals surface area contributed by atoms with Gasteiger partial charge >= 0.3 is 0 Å². The van der Waals surface area contributed by atoms with Crippen LogP contribution in [0.5, 0.6) is 0 Å². The highest BCUT2D eigenvalue weighted by Gasteiger charge is 2.24. The molecule has 5 heteroatoms. The van der Waals surface area contributed by atoms with Gasteiger partial charge in [-0.05, 0) is 45.7 Å². The Morgan fingerprint density at radius 2 is 2.11 bits per heavy atom. The van der Waals surface area contributed by atoms with Crippen LogP contribution in [0.1, 0.15) is 32.6 Å². The van der Waals surface area contributed by atoms with Crippen molar-refractivity contribution in [1.82, 2.24) is 10.2 Å². The third-order valence-corrected chi connectivity index (χ3v) is 3.56. The summed E-state index contributed by atoms with van der Waals surface area (Å²) in [4.78, 5) is 14.3. The fraction of sp³-hybridized carbons (Fsp3) is 0.929. The lowest BCUT2D eigenvalue weighted by atomic mass is 9.96. The van der Waals surface area contributed by atoms with E-state index in [9.17, 15) is 4.79 Å². The van der Waals surface area contributed by atoms with E-state index in [1.54, 1.807) is 0 Å². The topological polar surface area (TPSA) is 61.8 Å². The average Bonchev–Trinajstić information content (AvgIpc) is 2.45. The summed E-state index contributed by atoms with van der Waals surface area (Å²) < 4.78 is 5.23. The highest BCUT2D eigenvalue weighted by atomic mass is 16.5. The van der Waals surface area contributed by atoms with Crippen molar-refractivity contribution in [2.24, 2.45) is 5.92 Å². The predicted octanol–water partition coefficient (Wildman–Crippen LogP) is 0.624. The van der Waals surface area contributed by atoms with Gasteiger partial charge in [-0.25, -0.2) is 0 Å². The summed E-state index contributed by atoms with van der Waals surface area (Å²) >= 11 is 0. The van der Waals surface area contributed by atoms with Crippen molar-refractivity contribution in [3.05, 3.63) is 0 Å². The van der Waals surface area contributed by atoms with E-state index in [-0.39, 0.29) is 18.4 Å². The monoisotopic (exact) mass is 272 g/mol. The molecule has 0 saturated carbocycles. The van der Waals surface area contributed by atoms with E-state index in [2.05, 4.69) is 10.2 Å². The molecule has 2 N–H and O–H groups in total. The van der Waals surface area contributed by atoms with Crippen LogP contribution >= 0.6 is 0 Å². The van der Waals surface area contributed by atoms with E-state index >= 15 is 0 Å². The van der Waals surface area contributed by atoms with E-state index < -0.39 is 0 Å². The Kier molecular flexibility index (Phi) is 8.79. The number of ether oxygens (including phenoxy) is 1. The lowest BCUT2D eigenvalue weighted by molar-refractivity contribution is -0.126. The highest BCUT2D eigenvalue weighted by Crippen LogP contribution is 2.17. The molecule has 0 atom stereocenters. The first-order valence-electron chi connectivity index (χ1n) is 7.46. The Bertz CT molecular complexity index is 241. The highest BCUT2D eigenvalue weighted by molar-refractivity contribution is 5.78. The zero-order valence-electron chi connectivity index (χ0n) is 12.1. The van der Waals surface area contributed by atoms with Crippen molar-refractivity contribution in [2.45, 2.75) is 32.6 Å². The van der Waals surface area contributed by atoms with Crippen molar-refractivity contribution >= 4 is 5.91 Å². The van der Waals surface area contributed by atoms with Crippen molar-refractivity contribution in [1.29, 1.82) is 0 Å². The summed E-state index contributed by atoms with van der Waals surface area (Å²) in [5.74, 6) is 0.357. The molecule has 0 bridgehead atoms. The van der Waals surface area contributed by atoms with Gasteiger partial charge in [-0.15, -0.1) is 0 Å². The number of carbonyl (C=O) groups is 1. The maximum Gasteiger partial charge on any atom is 0.223 e. The Labute approximate surface area is 116 Å². The summed E-state index contributed by atoms with van der Waals surface area (Å²) in [6, 6.07) is 0. The van der Waals surface area contributed by atoms with Gasteiger partial charge in [-0.3, -0.25) is 4.79 Å². The van der Waals surface area contributed by atoms with Crippen LogP contribution in [0.3, 0.4) is 0 Å². The molecule has 0 aromatic heterocycles. The van der Waals surface area contributed by atoms with E-state index in [1.165, 1.54) is 0 Å². The van der Waals surface area contributed by atoms with Gasteiger partial charge in [0.1, 0.15) is 0 Å². The third-order valence-electron chi connectivity index (χ3n) is 3.56. The van der Waals surface area contributed by atoms with Gasteiger partial charge in [0.05, 0.1) is 0 Å². The second kappa shape index (κ2) is 10.2. The molecule has 0 radical (unpaired) electrons. The summed E-state index contributed by atoms with van der Waals surface area (Å²) in [7, 11) is 0. The number of aliphatic hydroxyl groups is 1. The van der Waals surface area contributed by atoms with Gasteiger partial charge in [0.2, 0.25) is 5.91 Å². The zero-order valence-corrected chi connectivity index (χ0v) is 12.1. The van der Waals surface area contributed by atoms with Crippen LogP contribution in [0.4, 0.5) is 0 Å². The fourth-order valence-corrected chi connectivity index (χ4v) is 2.39. The second-order valence-corrected chi connectivity index (χ2v) is 5.03. The van der Waals surface area contributed by atoms with E-state index in [4.69, 9.17) is 9.84 Å². The fourth-order valence-electron chi connectivity index (χ4n) is 2.39. The van der Waals surface area contributed by atoms with Crippen molar-refractivity contribution in [3.63, 3.8) is 0 Å². The molecule has 1 fully saturated rings. The number of piperidine rings is 1. The molecule has 1 heterocycles. The summed E-state index contributed by atoms with van der Waals surface area (Å²) in [6.45, 7) is 7.27. The van der Waals surface area contributed by atoms with Crippen LogP contribution in [0.25, 0.3) is 0 Å². The van der Waals surface area contributed by atoms with Crippen LogP contribution in [0.15, 0.2) is 0 Å².